The number of hydrogen-bond acceptors (Lipinski definition) is 2. The van der Waals surface area contributed by atoms with Crippen LogP contribution in [0.2, 0.25) is 0 Å². The molecule has 14 heavy (non-hydrogen) atoms. The van der Waals surface area contributed by atoms with Crippen LogP contribution in [0.25, 0.3) is 11.3 Å². The van der Waals surface area contributed by atoms with Crippen molar-refractivity contribution in [3.8, 4) is 11.3 Å². The predicted molar refractivity (Wildman–Crippen MR) is 58.7 cm³/mol. The van der Waals surface area contributed by atoms with Crippen LogP contribution in [-0.4, -0.2) is 6.54 Å². The van der Waals surface area contributed by atoms with Gasteiger partial charge in [0.25, 0.3) is 0 Å². The minimum absolute atomic E-state index is 0.950. The van der Waals surface area contributed by atoms with Crippen LogP contribution in [0.3, 0.4) is 0 Å². The van der Waals surface area contributed by atoms with E-state index in [0.717, 1.165) is 23.6 Å². The molecule has 1 N–H and O–H groups in total. The molecule has 0 atom stereocenters. The summed E-state index contributed by atoms with van der Waals surface area (Å²) in [6, 6.07) is 8.16. The van der Waals surface area contributed by atoms with Gasteiger partial charge in [0.2, 0.25) is 0 Å². The number of unbranched alkanes of at least 4 members (excludes halogenated alkanes) is 1. The lowest BCUT2D eigenvalue weighted by Gasteiger charge is -2.06. The number of hydrogen-bond donors (Lipinski definition) is 1. The highest BCUT2D eigenvalue weighted by atomic mass is 16.3. The van der Waals surface area contributed by atoms with Gasteiger partial charge in [0.1, 0.15) is 12.0 Å². The maximum atomic E-state index is 5.45. The monoisotopic (exact) mass is 189 g/mol. The molecule has 0 aromatic rings. The normalized spacial score (nSPS) is 10.6. The lowest BCUT2D eigenvalue weighted by Crippen LogP contribution is -2.00. The molecule has 0 saturated heterocycles. The molecule has 1 heterocycles. The number of rotatable bonds is 4. The van der Waals surface area contributed by atoms with Gasteiger partial charge in [-0.05, 0) is 18.6 Å². The zero-order chi connectivity index (χ0) is 9.80. The number of fused-ring (bicyclic) bond motifs is 1. The summed E-state index contributed by atoms with van der Waals surface area (Å²) in [5.41, 5.74) is 2.23. The van der Waals surface area contributed by atoms with Crippen LogP contribution < -0.4 is 5.32 Å². The van der Waals surface area contributed by atoms with E-state index in [9.17, 15) is 0 Å². The van der Waals surface area contributed by atoms with Crippen LogP contribution in [0.4, 0.5) is 5.69 Å². The molecule has 0 aromatic carbocycles. The molecule has 2 nitrogen and oxygen atoms in total. The molecule has 2 aliphatic rings. The molecule has 1 aliphatic heterocycles. The maximum absolute atomic E-state index is 5.45. The van der Waals surface area contributed by atoms with E-state index in [1.54, 1.807) is 6.26 Å². The number of nitrogens with one attached hydrogen (secondary N) is 1. The Morgan fingerprint density at radius 2 is 2.29 bits per heavy atom. The van der Waals surface area contributed by atoms with Gasteiger partial charge in [0, 0.05) is 12.1 Å². The van der Waals surface area contributed by atoms with Crippen molar-refractivity contribution in [1.82, 2.24) is 0 Å². The Morgan fingerprint density at radius 1 is 1.36 bits per heavy atom. The van der Waals surface area contributed by atoms with Gasteiger partial charge in [-0.3, -0.25) is 0 Å². The fraction of sp³-hybridized carbons (Fsp3) is 0.333. The van der Waals surface area contributed by atoms with Crippen molar-refractivity contribution in [3.63, 3.8) is 0 Å². The van der Waals surface area contributed by atoms with E-state index in [1.807, 2.05) is 12.1 Å². The van der Waals surface area contributed by atoms with Crippen molar-refractivity contribution in [2.45, 2.75) is 19.8 Å². The van der Waals surface area contributed by atoms with E-state index in [4.69, 9.17) is 4.42 Å². The molecule has 74 valence electrons. The Balaban J connectivity index is 2.07. The van der Waals surface area contributed by atoms with Crippen LogP contribution in [0.15, 0.2) is 34.9 Å². The molecule has 0 spiro atoms. The Hall–Kier alpha value is -1.44. The predicted octanol–water partition coefficient (Wildman–Crippen LogP) is 3.60. The second-order valence-electron chi connectivity index (χ2n) is 3.46. The lowest BCUT2D eigenvalue weighted by atomic mass is 10.2. The van der Waals surface area contributed by atoms with Gasteiger partial charge >= 0.3 is 0 Å². The summed E-state index contributed by atoms with van der Waals surface area (Å²) in [5.74, 6) is 0.950. The first kappa shape index (κ1) is 9.13. The van der Waals surface area contributed by atoms with E-state index >= 15 is 0 Å². The summed E-state index contributed by atoms with van der Waals surface area (Å²) in [6.45, 7) is 3.20. The first-order valence-electron chi connectivity index (χ1n) is 5.11. The largest absolute Gasteiger partial charge is 0.462 e. The van der Waals surface area contributed by atoms with Crippen LogP contribution in [0, 0.1) is 0 Å². The fourth-order valence-electron chi connectivity index (χ4n) is 1.47. The van der Waals surface area contributed by atoms with Gasteiger partial charge in [-0.2, -0.15) is 0 Å². The Kier molecular flexibility index (Phi) is 2.73. The molecule has 0 radical (unpaired) electrons. The van der Waals surface area contributed by atoms with Crippen molar-refractivity contribution in [1.29, 1.82) is 0 Å². The quantitative estimate of drug-likeness (QED) is 0.743. The van der Waals surface area contributed by atoms with E-state index in [1.165, 1.54) is 12.8 Å². The second kappa shape index (κ2) is 4.18. The van der Waals surface area contributed by atoms with Gasteiger partial charge in [0.05, 0.1) is 5.69 Å². The molecule has 0 aromatic heterocycles. The molecular weight excluding hydrogens is 174 g/mol. The molecule has 2 heteroatoms. The van der Waals surface area contributed by atoms with Crippen LogP contribution in [-0.2, 0) is 0 Å². The zero-order valence-corrected chi connectivity index (χ0v) is 8.42. The van der Waals surface area contributed by atoms with Gasteiger partial charge < -0.3 is 9.73 Å². The third-order valence-corrected chi connectivity index (χ3v) is 2.29. The van der Waals surface area contributed by atoms with Crippen molar-refractivity contribution in [2.24, 2.45) is 0 Å². The van der Waals surface area contributed by atoms with Crippen molar-refractivity contribution < 1.29 is 4.42 Å². The van der Waals surface area contributed by atoms with E-state index in [2.05, 4.69) is 24.4 Å². The van der Waals surface area contributed by atoms with Crippen LogP contribution >= 0.6 is 0 Å². The molecule has 0 unspecified atom stereocenters. The lowest BCUT2D eigenvalue weighted by molar-refractivity contribution is 0.568. The molecule has 0 bridgehead atoms. The third kappa shape index (κ3) is 1.90. The highest BCUT2D eigenvalue weighted by Crippen LogP contribution is 2.26. The summed E-state index contributed by atoms with van der Waals surface area (Å²) < 4.78 is 5.45. The Labute approximate surface area is 84.3 Å². The maximum Gasteiger partial charge on any atom is 0.133 e. The van der Waals surface area contributed by atoms with E-state index in [-0.39, 0.29) is 0 Å². The average Bonchev–Trinajstić information content (AvgIpc) is 2.65. The highest BCUT2D eigenvalue weighted by Gasteiger charge is 2.04. The molecule has 0 amide bonds. The summed E-state index contributed by atoms with van der Waals surface area (Å²) in [4.78, 5) is 0. The summed E-state index contributed by atoms with van der Waals surface area (Å²) in [5, 5.41) is 3.33. The standard InChI is InChI=1S/C12H15NO/c1-2-3-7-13-11-8-10-5-4-6-12(10)14-9-11/h4-6,8-9,13H,2-3,7H2,1H3. The third-order valence-electron chi connectivity index (χ3n) is 2.29. The van der Waals surface area contributed by atoms with Gasteiger partial charge in [-0.1, -0.05) is 25.5 Å². The Morgan fingerprint density at radius 3 is 3.14 bits per heavy atom. The van der Waals surface area contributed by atoms with Gasteiger partial charge in [-0.25, -0.2) is 0 Å². The molecule has 1 aliphatic carbocycles. The Bertz CT molecular complexity index is 367. The van der Waals surface area contributed by atoms with E-state index < -0.39 is 0 Å². The van der Waals surface area contributed by atoms with Crippen molar-refractivity contribution >= 4 is 5.69 Å². The minimum Gasteiger partial charge on any atom is -0.462 e. The van der Waals surface area contributed by atoms with Crippen LogP contribution in [0.1, 0.15) is 19.8 Å². The van der Waals surface area contributed by atoms with Crippen molar-refractivity contribution in [2.75, 3.05) is 11.9 Å². The summed E-state index contributed by atoms with van der Waals surface area (Å²) in [6.07, 6.45) is 4.18. The van der Waals surface area contributed by atoms with Crippen molar-refractivity contribution in [3.05, 3.63) is 30.5 Å². The molecule has 0 saturated carbocycles. The molecule has 0 fully saturated rings. The highest BCUT2D eigenvalue weighted by molar-refractivity contribution is 5.65. The smallest absolute Gasteiger partial charge is 0.133 e. The molecule has 2 rings (SSSR count). The number of anilines is 1. The van der Waals surface area contributed by atoms with Gasteiger partial charge in [-0.15, -0.1) is 0 Å². The summed E-state index contributed by atoms with van der Waals surface area (Å²) in [7, 11) is 0. The average molecular weight is 189 g/mol. The SMILES string of the molecule is CCCCNc1coc2cccc-2c1. The molecular formula is C12H15NO. The topological polar surface area (TPSA) is 25.2 Å². The van der Waals surface area contributed by atoms with Gasteiger partial charge in [0.15, 0.2) is 0 Å². The van der Waals surface area contributed by atoms with E-state index in [0.29, 0.717) is 0 Å². The fourth-order valence-corrected chi connectivity index (χ4v) is 1.47. The minimum atomic E-state index is 0.950. The second-order valence-corrected chi connectivity index (χ2v) is 3.46. The van der Waals surface area contributed by atoms with Crippen LogP contribution in [0.5, 0.6) is 0 Å². The zero-order valence-electron chi connectivity index (χ0n) is 8.42. The first-order chi connectivity index (χ1) is 6.90. The summed E-state index contributed by atoms with van der Waals surface area (Å²) >= 11 is 0. The first-order valence-corrected chi connectivity index (χ1v) is 5.11.